The quantitative estimate of drug-likeness (QED) is 0.184. The highest BCUT2D eigenvalue weighted by molar-refractivity contribution is 5.97. The molecule has 0 spiro atoms. The third-order valence-corrected chi connectivity index (χ3v) is 10.8. The van der Waals surface area contributed by atoms with Crippen LogP contribution in [0.5, 0.6) is 0 Å². The molecule has 3 fully saturated rings. The van der Waals surface area contributed by atoms with E-state index in [0.29, 0.717) is 50.2 Å². The van der Waals surface area contributed by atoms with Crippen molar-refractivity contribution < 1.29 is 32.3 Å². The minimum absolute atomic E-state index is 0.178. The number of rotatable bonds is 3. The van der Waals surface area contributed by atoms with Crippen LogP contribution >= 0.6 is 0 Å². The van der Waals surface area contributed by atoms with E-state index in [1.165, 1.54) is 12.8 Å². The zero-order valence-corrected chi connectivity index (χ0v) is 23.9. The largest absolute Gasteiger partial charge is 0.457 e. The van der Waals surface area contributed by atoms with Gasteiger partial charge in [0.25, 0.3) is 0 Å². The van der Waals surface area contributed by atoms with Crippen LogP contribution in [-0.4, -0.2) is 55.4 Å². The number of hydrogen-bond acceptors (Lipinski definition) is 5. The average molecular weight is 585 g/mol. The first-order chi connectivity index (χ1) is 20.0. The summed E-state index contributed by atoms with van der Waals surface area (Å²) in [6, 6.07) is 8.29. The lowest BCUT2D eigenvalue weighted by Crippen LogP contribution is -2.51. The van der Waals surface area contributed by atoms with Crippen molar-refractivity contribution in [2.24, 2.45) is 27.8 Å². The second-order valence-corrected chi connectivity index (χ2v) is 12.7. The van der Waals surface area contributed by atoms with Gasteiger partial charge in [-0.1, -0.05) is 35.7 Å². The van der Waals surface area contributed by atoms with E-state index in [1.54, 1.807) is 6.08 Å². The van der Waals surface area contributed by atoms with Crippen molar-refractivity contribution >= 4 is 17.2 Å². The lowest BCUT2D eigenvalue weighted by molar-refractivity contribution is -0.130. The number of halogens is 4. The van der Waals surface area contributed by atoms with Gasteiger partial charge in [0.05, 0.1) is 24.3 Å². The van der Waals surface area contributed by atoms with Gasteiger partial charge in [-0.05, 0) is 97.6 Å². The molecule has 9 heteroatoms. The predicted molar refractivity (Wildman–Crippen MR) is 151 cm³/mol. The van der Waals surface area contributed by atoms with Crippen molar-refractivity contribution in [1.82, 2.24) is 0 Å². The van der Waals surface area contributed by atoms with E-state index in [9.17, 15) is 23.2 Å². The summed E-state index contributed by atoms with van der Waals surface area (Å²) < 4.78 is 61.6. The highest BCUT2D eigenvalue weighted by Gasteiger charge is 2.65. The number of morpholine rings is 1. The number of carbonyl (C=O) groups is 1. The topological polar surface area (TPSA) is 62.1 Å². The van der Waals surface area contributed by atoms with E-state index in [4.69, 9.17) is 4.74 Å². The van der Waals surface area contributed by atoms with Crippen LogP contribution in [0.1, 0.15) is 63.9 Å². The van der Waals surface area contributed by atoms with Gasteiger partial charge in [-0.2, -0.15) is 13.2 Å². The normalized spacial score (nSPS) is 35.5. The molecule has 2 saturated carbocycles. The summed E-state index contributed by atoms with van der Waals surface area (Å²) >= 11 is 0. The van der Waals surface area contributed by atoms with Gasteiger partial charge in [-0.25, -0.2) is 4.39 Å². The Morgan fingerprint density at radius 1 is 1.17 bits per heavy atom. The Bertz CT molecular complexity index is 1410. The Balaban J connectivity index is 1.50. The fourth-order valence-electron chi connectivity index (χ4n) is 8.84. The maximum atomic E-state index is 15.9. The van der Waals surface area contributed by atoms with Gasteiger partial charge in [0.15, 0.2) is 0 Å². The number of ether oxygens (including phenoxy) is 1. The van der Waals surface area contributed by atoms with Crippen molar-refractivity contribution in [1.29, 1.82) is 0 Å². The molecule has 1 aliphatic heterocycles. The van der Waals surface area contributed by atoms with Crippen molar-refractivity contribution in [3.05, 3.63) is 52.6 Å². The molecule has 42 heavy (non-hydrogen) atoms. The number of nitrogens with zero attached hydrogens (tertiary/aromatic N) is 2. The number of Topliss-reactive ketones (excluding diaryl/α,β-unsaturated/α-hetero) is 1. The smallest absolute Gasteiger partial charge is 0.411 e. The molecule has 1 N–H and O–H groups in total. The molecule has 1 saturated heterocycles. The van der Waals surface area contributed by atoms with E-state index in [-0.39, 0.29) is 36.4 Å². The fraction of sp³-hybridized carbons (Fsp3) is 0.576. The molecule has 0 aromatic heterocycles. The summed E-state index contributed by atoms with van der Waals surface area (Å²) in [5.41, 5.74) is 2.82. The number of alkyl halides is 4. The summed E-state index contributed by atoms with van der Waals surface area (Å²) in [5, 5.41) is 12.8. The number of hydrogen-bond donors (Lipinski definition) is 1. The molecule has 1 unspecified atom stereocenters. The van der Waals surface area contributed by atoms with Crippen LogP contribution < -0.4 is 4.90 Å². The first kappa shape index (κ1) is 29.0. The lowest BCUT2D eigenvalue weighted by atomic mass is 9.48. The molecule has 1 aromatic rings. The highest BCUT2D eigenvalue weighted by Crippen LogP contribution is 2.69. The van der Waals surface area contributed by atoms with Gasteiger partial charge >= 0.3 is 6.18 Å². The number of oxime groups is 1. The SMILES string of the molecule is CC(=O)[C@@]1(C#CC(F)(F)F)CC[C@H]2[C@@H]3CC(F)C4=C/C(=N/O)CCC4=C3[C@@H](c3ccc(N4CCOCC4)cc3)C[C@@]21C. The summed E-state index contributed by atoms with van der Waals surface area (Å²) in [4.78, 5) is 15.6. The molecule has 5 nitrogen and oxygen atoms in total. The van der Waals surface area contributed by atoms with E-state index in [1.807, 2.05) is 6.92 Å². The van der Waals surface area contributed by atoms with Crippen LogP contribution in [0.3, 0.4) is 0 Å². The molecular weight excluding hydrogens is 548 g/mol. The molecule has 224 valence electrons. The number of allylic oxidation sites excluding steroid dienone is 4. The van der Waals surface area contributed by atoms with Crippen molar-refractivity contribution in [2.75, 3.05) is 31.2 Å². The second-order valence-electron chi connectivity index (χ2n) is 12.7. The highest BCUT2D eigenvalue weighted by atomic mass is 19.4. The third kappa shape index (κ3) is 4.67. The third-order valence-electron chi connectivity index (χ3n) is 10.8. The lowest BCUT2D eigenvalue weighted by Gasteiger charge is -2.55. The minimum atomic E-state index is -4.71. The molecule has 4 aliphatic carbocycles. The maximum absolute atomic E-state index is 15.9. The molecule has 6 rings (SSSR count). The van der Waals surface area contributed by atoms with Gasteiger partial charge in [-0.3, -0.25) is 4.79 Å². The van der Waals surface area contributed by atoms with Crippen LogP contribution in [0.4, 0.5) is 23.2 Å². The number of anilines is 1. The van der Waals surface area contributed by atoms with Crippen LogP contribution in [0.2, 0.25) is 0 Å². The summed E-state index contributed by atoms with van der Waals surface area (Å²) in [6.45, 7) is 6.18. The summed E-state index contributed by atoms with van der Waals surface area (Å²) in [7, 11) is 0. The number of fused-ring (bicyclic) bond motifs is 4. The van der Waals surface area contributed by atoms with Gasteiger partial charge in [0, 0.05) is 30.6 Å². The van der Waals surface area contributed by atoms with E-state index < -0.39 is 23.2 Å². The Labute approximate surface area is 243 Å². The fourth-order valence-corrected chi connectivity index (χ4v) is 8.84. The number of ketones is 1. The monoisotopic (exact) mass is 584 g/mol. The van der Waals surface area contributed by atoms with Gasteiger partial charge < -0.3 is 14.8 Å². The zero-order chi connectivity index (χ0) is 29.9. The van der Waals surface area contributed by atoms with Crippen molar-refractivity contribution in [2.45, 2.75) is 70.6 Å². The number of benzene rings is 1. The Morgan fingerprint density at radius 2 is 1.88 bits per heavy atom. The summed E-state index contributed by atoms with van der Waals surface area (Å²) in [5.74, 6) is 2.96. The van der Waals surface area contributed by atoms with E-state index in [2.05, 4.69) is 40.2 Å². The maximum Gasteiger partial charge on any atom is 0.457 e. The molecular formula is C33H36F4N2O3. The van der Waals surface area contributed by atoms with E-state index >= 15 is 4.39 Å². The van der Waals surface area contributed by atoms with Crippen LogP contribution in [0, 0.1) is 34.5 Å². The molecule has 5 aliphatic rings. The van der Waals surface area contributed by atoms with Crippen LogP contribution in [-0.2, 0) is 9.53 Å². The number of carbonyl (C=O) groups excluding carboxylic acids is 1. The molecule has 0 bridgehead atoms. The van der Waals surface area contributed by atoms with Crippen molar-refractivity contribution in [3.63, 3.8) is 0 Å². The Morgan fingerprint density at radius 3 is 2.52 bits per heavy atom. The Hall–Kier alpha value is -3.12. The molecule has 1 heterocycles. The minimum Gasteiger partial charge on any atom is -0.411 e. The summed E-state index contributed by atoms with van der Waals surface area (Å²) in [6.07, 6.45) is -1.94. The first-order valence-corrected chi connectivity index (χ1v) is 14.8. The van der Waals surface area contributed by atoms with E-state index in [0.717, 1.165) is 35.5 Å². The molecule has 0 amide bonds. The molecule has 1 aromatic carbocycles. The van der Waals surface area contributed by atoms with Gasteiger partial charge in [0.2, 0.25) is 0 Å². The molecule has 0 radical (unpaired) electrons. The molecule has 6 atom stereocenters. The van der Waals surface area contributed by atoms with Crippen LogP contribution in [0.15, 0.2) is 52.2 Å². The first-order valence-electron chi connectivity index (χ1n) is 14.8. The zero-order valence-electron chi connectivity index (χ0n) is 23.9. The van der Waals surface area contributed by atoms with Gasteiger partial charge in [-0.15, -0.1) is 0 Å². The van der Waals surface area contributed by atoms with Crippen LogP contribution in [0.25, 0.3) is 0 Å². The standard InChI is InChI=1S/C33H36F4N2O3/c1-20(40)32(11-12-33(35,36)37)10-9-28-26-18-29(34)25-17-22(38-41)5-8-24(25)30(26)27(19-31(28,32)2)21-3-6-23(7-4-21)39-13-15-42-16-14-39/h3-4,6-7,17,26-29,41H,5,8-10,13-16,18-19H2,1-2H3/b38-22+/t26-,27+,28-,29?,31-,32-/m0/s1. The van der Waals surface area contributed by atoms with Gasteiger partial charge in [0.1, 0.15) is 12.0 Å². The Kier molecular flexibility index (Phi) is 7.28. The van der Waals surface area contributed by atoms with Crippen molar-refractivity contribution in [3.8, 4) is 11.8 Å². The average Bonchev–Trinajstić information content (AvgIpc) is 3.29. The second kappa shape index (κ2) is 10.6. The predicted octanol–water partition coefficient (Wildman–Crippen LogP) is 6.77.